The Balaban J connectivity index is 2.35. The van der Waals surface area contributed by atoms with Gasteiger partial charge in [-0.25, -0.2) is 0 Å². The summed E-state index contributed by atoms with van der Waals surface area (Å²) >= 11 is 0. The number of methoxy groups -OCH3 is 1. The smallest absolute Gasteiger partial charge is 0.0589 e. The molecule has 4 nitrogen and oxygen atoms in total. The van der Waals surface area contributed by atoms with E-state index in [1.54, 1.807) is 7.11 Å². The number of hydrogen-bond acceptors (Lipinski definition) is 4. The molecule has 0 aliphatic carbocycles. The molecule has 0 spiro atoms. The first-order chi connectivity index (χ1) is 8.22. The first-order valence-corrected chi connectivity index (χ1v) is 6.68. The maximum atomic E-state index is 5.60. The van der Waals surface area contributed by atoms with E-state index in [4.69, 9.17) is 9.47 Å². The van der Waals surface area contributed by atoms with Crippen LogP contribution in [0, 0.1) is 5.41 Å². The third kappa shape index (κ3) is 5.34. The standard InChI is InChI=1S/C13H28N2O2/c1-4-6-14-10-13(5-8-17-12-13)11-15(2)7-9-16-3/h14H,4-12H2,1-3H3. The van der Waals surface area contributed by atoms with Crippen molar-refractivity contribution < 1.29 is 9.47 Å². The third-order valence-corrected chi connectivity index (χ3v) is 3.39. The second-order valence-electron chi connectivity index (χ2n) is 5.21. The van der Waals surface area contributed by atoms with E-state index < -0.39 is 0 Å². The average molecular weight is 244 g/mol. The fraction of sp³-hybridized carbons (Fsp3) is 1.00. The maximum absolute atomic E-state index is 5.60. The molecule has 0 amide bonds. The highest BCUT2D eigenvalue weighted by Crippen LogP contribution is 2.28. The molecule has 0 aromatic carbocycles. The number of ether oxygens (including phenoxy) is 2. The fourth-order valence-electron chi connectivity index (χ4n) is 2.40. The lowest BCUT2D eigenvalue weighted by Crippen LogP contribution is -2.44. The van der Waals surface area contributed by atoms with Crippen molar-refractivity contribution in [3.8, 4) is 0 Å². The first kappa shape index (κ1) is 14.9. The molecule has 0 bridgehead atoms. The van der Waals surface area contributed by atoms with Crippen LogP contribution >= 0.6 is 0 Å². The van der Waals surface area contributed by atoms with Crippen LogP contribution in [-0.4, -0.2) is 65.1 Å². The summed E-state index contributed by atoms with van der Waals surface area (Å²) < 4.78 is 10.7. The predicted molar refractivity (Wildman–Crippen MR) is 70.4 cm³/mol. The molecule has 1 aliphatic heterocycles. The van der Waals surface area contributed by atoms with E-state index in [9.17, 15) is 0 Å². The van der Waals surface area contributed by atoms with Crippen LogP contribution in [0.3, 0.4) is 0 Å². The highest BCUT2D eigenvalue weighted by atomic mass is 16.5. The van der Waals surface area contributed by atoms with Gasteiger partial charge < -0.3 is 19.7 Å². The molecule has 1 saturated heterocycles. The summed E-state index contributed by atoms with van der Waals surface area (Å²) in [6, 6.07) is 0. The van der Waals surface area contributed by atoms with E-state index in [1.165, 1.54) is 12.8 Å². The van der Waals surface area contributed by atoms with Gasteiger partial charge in [0.05, 0.1) is 13.2 Å². The van der Waals surface area contributed by atoms with E-state index in [0.29, 0.717) is 5.41 Å². The summed E-state index contributed by atoms with van der Waals surface area (Å²) in [5.41, 5.74) is 0.303. The summed E-state index contributed by atoms with van der Waals surface area (Å²) in [6.45, 7) is 9.05. The summed E-state index contributed by atoms with van der Waals surface area (Å²) in [5.74, 6) is 0. The Bertz CT molecular complexity index is 194. The molecule has 1 heterocycles. The van der Waals surface area contributed by atoms with Crippen LogP contribution in [0.4, 0.5) is 0 Å². The minimum atomic E-state index is 0.303. The Kier molecular flexibility index (Phi) is 7.04. The molecule has 1 rings (SSSR count). The van der Waals surface area contributed by atoms with Crippen LogP contribution in [0.15, 0.2) is 0 Å². The maximum Gasteiger partial charge on any atom is 0.0589 e. The molecule has 1 atom stereocenters. The zero-order chi connectivity index (χ0) is 12.6. The number of likely N-dealkylation sites (N-methyl/N-ethyl adjacent to an activating group) is 1. The van der Waals surface area contributed by atoms with Crippen molar-refractivity contribution in [3.63, 3.8) is 0 Å². The quantitative estimate of drug-likeness (QED) is 0.613. The van der Waals surface area contributed by atoms with Gasteiger partial charge in [0.25, 0.3) is 0 Å². The van der Waals surface area contributed by atoms with Gasteiger partial charge in [-0.2, -0.15) is 0 Å². The van der Waals surface area contributed by atoms with Crippen LogP contribution in [0.1, 0.15) is 19.8 Å². The predicted octanol–water partition coefficient (Wildman–Crippen LogP) is 0.971. The second-order valence-corrected chi connectivity index (χ2v) is 5.21. The zero-order valence-electron chi connectivity index (χ0n) is 11.6. The highest BCUT2D eigenvalue weighted by molar-refractivity contribution is 4.87. The molecule has 0 aromatic heterocycles. The number of hydrogen-bond donors (Lipinski definition) is 1. The number of rotatable bonds is 9. The first-order valence-electron chi connectivity index (χ1n) is 6.68. The van der Waals surface area contributed by atoms with Crippen molar-refractivity contribution >= 4 is 0 Å². The van der Waals surface area contributed by atoms with Crippen molar-refractivity contribution in [1.82, 2.24) is 10.2 Å². The molecular weight excluding hydrogens is 216 g/mol. The largest absolute Gasteiger partial charge is 0.383 e. The summed E-state index contributed by atoms with van der Waals surface area (Å²) in [6.07, 6.45) is 2.36. The topological polar surface area (TPSA) is 33.7 Å². The van der Waals surface area contributed by atoms with Gasteiger partial charge in [-0.05, 0) is 26.4 Å². The lowest BCUT2D eigenvalue weighted by atomic mass is 9.86. The van der Waals surface area contributed by atoms with Gasteiger partial charge in [0.15, 0.2) is 0 Å². The van der Waals surface area contributed by atoms with Crippen LogP contribution < -0.4 is 5.32 Å². The van der Waals surface area contributed by atoms with Crippen LogP contribution in [-0.2, 0) is 9.47 Å². The molecule has 4 heteroatoms. The molecule has 1 unspecified atom stereocenters. The highest BCUT2D eigenvalue weighted by Gasteiger charge is 2.35. The molecule has 1 fully saturated rings. The van der Waals surface area contributed by atoms with Crippen LogP contribution in [0.5, 0.6) is 0 Å². The SMILES string of the molecule is CCCNCC1(CN(C)CCOC)CCOC1. The Morgan fingerprint density at radius 3 is 2.88 bits per heavy atom. The summed E-state index contributed by atoms with van der Waals surface area (Å²) in [5, 5.41) is 3.54. The Labute approximate surface area is 106 Å². The van der Waals surface area contributed by atoms with E-state index >= 15 is 0 Å². The minimum Gasteiger partial charge on any atom is -0.383 e. The van der Waals surface area contributed by atoms with E-state index in [1.807, 2.05) is 0 Å². The molecule has 1 aliphatic rings. The number of nitrogens with zero attached hydrogens (tertiary/aromatic N) is 1. The minimum absolute atomic E-state index is 0.303. The van der Waals surface area contributed by atoms with E-state index in [0.717, 1.165) is 46.0 Å². The lowest BCUT2D eigenvalue weighted by Gasteiger charge is -2.32. The third-order valence-electron chi connectivity index (χ3n) is 3.39. The van der Waals surface area contributed by atoms with Gasteiger partial charge in [-0.15, -0.1) is 0 Å². The van der Waals surface area contributed by atoms with Gasteiger partial charge in [-0.1, -0.05) is 6.92 Å². The molecule has 1 N–H and O–H groups in total. The van der Waals surface area contributed by atoms with Gasteiger partial charge in [0, 0.05) is 38.8 Å². The summed E-state index contributed by atoms with van der Waals surface area (Å²) in [7, 11) is 3.92. The van der Waals surface area contributed by atoms with Crippen molar-refractivity contribution in [1.29, 1.82) is 0 Å². The Hall–Kier alpha value is -0.160. The van der Waals surface area contributed by atoms with Gasteiger partial charge in [-0.3, -0.25) is 0 Å². The fourth-order valence-corrected chi connectivity index (χ4v) is 2.40. The number of nitrogens with one attached hydrogen (secondary N) is 1. The average Bonchev–Trinajstić information content (AvgIpc) is 2.75. The molecular formula is C13H28N2O2. The summed E-state index contributed by atoms with van der Waals surface area (Å²) in [4.78, 5) is 2.35. The monoisotopic (exact) mass is 244 g/mol. The van der Waals surface area contributed by atoms with Gasteiger partial charge in [0.2, 0.25) is 0 Å². The van der Waals surface area contributed by atoms with E-state index in [2.05, 4.69) is 24.2 Å². The van der Waals surface area contributed by atoms with E-state index in [-0.39, 0.29) is 0 Å². The lowest BCUT2D eigenvalue weighted by molar-refractivity contribution is 0.100. The molecule has 102 valence electrons. The van der Waals surface area contributed by atoms with Crippen molar-refractivity contribution in [3.05, 3.63) is 0 Å². The Morgan fingerprint density at radius 2 is 2.29 bits per heavy atom. The molecule has 0 saturated carbocycles. The van der Waals surface area contributed by atoms with Crippen molar-refractivity contribution in [2.24, 2.45) is 5.41 Å². The zero-order valence-corrected chi connectivity index (χ0v) is 11.6. The Morgan fingerprint density at radius 1 is 1.47 bits per heavy atom. The second kappa shape index (κ2) is 8.03. The molecule has 17 heavy (non-hydrogen) atoms. The molecule has 0 aromatic rings. The van der Waals surface area contributed by atoms with Crippen LogP contribution in [0.2, 0.25) is 0 Å². The normalized spacial score (nSPS) is 24.7. The van der Waals surface area contributed by atoms with Gasteiger partial charge >= 0.3 is 0 Å². The van der Waals surface area contributed by atoms with Crippen molar-refractivity contribution in [2.45, 2.75) is 19.8 Å². The van der Waals surface area contributed by atoms with Crippen LogP contribution in [0.25, 0.3) is 0 Å². The van der Waals surface area contributed by atoms with Crippen molar-refractivity contribution in [2.75, 3.05) is 60.2 Å². The van der Waals surface area contributed by atoms with Gasteiger partial charge in [0.1, 0.15) is 0 Å². The molecule has 0 radical (unpaired) electrons.